The van der Waals surface area contributed by atoms with Crippen molar-refractivity contribution in [2.75, 3.05) is 6.61 Å². The van der Waals surface area contributed by atoms with E-state index in [-0.39, 0.29) is 11.0 Å². The Morgan fingerprint density at radius 3 is 2.65 bits per heavy atom. The molecule has 1 heterocycles. The minimum Gasteiger partial charge on any atom is -0.494 e. The lowest BCUT2D eigenvalue weighted by molar-refractivity contribution is 0.0993. The van der Waals surface area contributed by atoms with Crippen LogP contribution in [0.1, 0.15) is 29.8 Å². The Balaban J connectivity index is 1.67. The number of carbonyl (C=O) groups is 1. The van der Waals surface area contributed by atoms with E-state index in [0.29, 0.717) is 23.3 Å². The van der Waals surface area contributed by atoms with Crippen molar-refractivity contribution in [1.29, 1.82) is 0 Å². The summed E-state index contributed by atoms with van der Waals surface area (Å²) in [5.41, 5.74) is 2.62. The third-order valence-corrected chi connectivity index (χ3v) is 4.70. The Morgan fingerprint density at radius 2 is 1.96 bits per heavy atom. The molecule has 5 nitrogen and oxygen atoms in total. The van der Waals surface area contributed by atoms with Gasteiger partial charge >= 0.3 is 0 Å². The van der Waals surface area contributed by atoms with Gasteiger partial charge in [0.25, 0.3) is 5.22 Å². The first-order valence-electron chi connectivity index (χ1n) is 8.41. The Labute approximate surface area is 156 Å². The van der Waals surface area contributed by atoms with Crippen LogP contribution in [0, 0.1) is 6.92 Å². The Hall–Kier alpha value is -2.60. The molecular weight excluding hydrogens is 348 g/mol. The second-order valence-electron chi connectivity index (χ2n) is 5.82. The van der Waals surface area contributed by atoms with Crippen molar-refractivity contribution in [3.63, 3.8) is 0 Å². The Morgan fingerprint density at radius 1 is 1.19 bits per heavy atom. The third kappa shape index (κ3) is 4.32. The van der Waals surface area contributed by atoms with E-state index >= 15 is 0 Å². The number of Topliss-reactive ketones (excluding diaryl/α,β-unsaturated/α-hetero) is 1. The average molecular weight is 368 g/mol. The zero-order valence-corrected chi connectivity index (χ0v) is 15.7. The SMILES string of the molecule is CCOc1ccc(C(=O)[C@H](C)Sc2nnc(-c3cccc(C)c3)o2)cc1. The standard InChI is InChI=1S/C20H20N2O3S/c1-4-24-17-10-8-15(9-11-17)18(23)14(3)26-20-22-21-19(25-20)16-7-5-6-13(2)12-16/h5-12,14H,4H2,1-3H3/t14-/m0/s1. The van der Waals surface area contributed by atoms with Crippen LogP contribution in [0.2, 0.25) is 0 Å². The molecule has 3 rings (SSSR count). The highest BCUT2D eigenvalue weighted by Crippen LogP contribution is 2.28. The predicted octanol–water partition coefficient (Wildman–Crippen LogP) is 4.81. The van der Waals surface area contributed by atoms with Crippen LogP contribution in [-0.4, -0.2) is 27.8 Å². The monoisotopic (exact) mass is 368 g/mol. The molecule has 3 aromatic rings. The van der Waals surface area contributed by atoms with Gasteiger partial charge in [-0.05, 0) is 57.2 Å². The smallest absolute Gasteiger partial charge is 0.277 e. The molecule has 1 aromatic heterocycles. The normalized spacial score (nSPS) is 12.0. The van der Waals surface area contributed by atoms with Crippen LogP contribution in [0.25, 0.3) is 11.5 Å². The topological polar surface area (TPSA) is 65.2 Å². The van der Waals surface area contributed by atoms with Gasteiger partial charge in [-0.1, -0.05) is 29.5 Å². The molecule has 0 unspecified atom stereocenters. The number of carbonyl (C=O) groups excluding carboxylic acids is 1. The van der Waals surface area contributed by atoms with Crippen molar-refractivity contribution in [2.24, 2.45) is 0 Å². The molecule has 0 saturated heterocycles. The van der Waals surface area contributed by atoms with E-state index in [1.54, 1.807) is 24.3 Å². The molecule has 0 aliphatic carbocycles. The lowest BCUT2D eigenvalue weighted by Crippen LogP contribution is -2.13. The fraction of sp³-hybridized carbons (Fsp3) is 0.250. The largest absolute Gasteiger partial charge is 0.494 e. The van der Waals surface area contributed by atoms with Crippen LogP contribution in [0.5, 0.6) is 5.75 Å². The summed E-state index contributed by atoms with van der Waals surface area (Å²) in [6.45, 7) is 6.36. The number of ether oxygens (including phenoxy) is 1. The second kappa shape index (κ2) is 8.19. The number of thioether (sulfide) groups is 1. The molecular formula is C20H20N2O3S. The van der Waals surface area contributed by atoms with Gasteiger partial charge in [0.2, 0.25) is 5.89 Å². The number of rotatable bonds is 7. The van der Waals surface area contributed by atoms with Gasteiger partial charge in [-0.2, -0.15) is 0 Å². The minimum absolute atomic E-state index is 0.00774. The maximum atomic E-state index is 12.6. The molecule has 2 aromatic carbocycles. The summed E-state index contributed by atoms with van der Waals surface area (Å²) in [7, 11) is 0. The first-order valence-corrected chi connectivity index (χ1v) is 9.29. The molecule has 0 bridgehead atoms. The minimum atomic E-state index is -0.334. The van der Waals surface area contributed by atoms with Crippen molar-refractivity contribution in [2.45, 2.75) is 31.2 Å². The second-order valence-corrected chi connectivity index (χ2v) is 7.12. The summed E-state index contributed by atoms with van der Waals surface area (Å²) in [4.78, 5) is 12.6. The molecule has 1 atom stereocenters. The van der Waals surface area contributed by atoms with Gasteiger partial charge in [0, 0.05) is 11.1 Å². The molecule has 26 heavy (non-hydrogen) atoms. The van der Waals surface area contributed by atoms with Crippen molar-refractivity contribution in [3.8, 4) is 17.2 Å². The van der Waals surface area contributed by atoms with Gasteiger partial charge in [0.05, 0.1) is 11.9 Å². The predicted molar refractivity (Wildman–Crippen MR) is 102 cm³/mol. The number of aryl methyl sites for hydroxylation is 1. The summed E-state index contributed by atoms with van der Waals surface area (Å²) >= 11 is 1.26. The first-order chi connectivity index (χ1) is 12.6. The molecule has 134 valence electrons. The van der Waals surface area contributed by atoms with Crippen LogP contribution in [0.15, 0.2) is 58.2 Å². The van der Waals surface area contributed by atoms with Gasteiger partial charge < -0.3 is 9.15 Å². The maximum Gasteiger partial charge on any atom is 0.277 e. The van der Waals surface area contributed by atoms with E-state index in [2.05, 4.69) is 10.2 Å². The number of hydrogen-bond acceptors (Lipinski definition) is 6. The van der Waals surface area contributed by atoms with Gasteiger partial charge in [0.1, 0.15) is 5.75 Å². The fourth-order valence-electron chi connectivity index (χ4n) is 2.47. The van der Waals surface area contributed by atoms with Crippen LogP contribution in [0.4, 0.5) is 0 Å². The molecule has 0 aliphatic heterocycles. The lowest BCUT2D eigenvalue weighted by atomic mass is 10.1. The zero-order chi connectivity index (χ0) is 18.5. The lowest BCUT2D eigenvalue weighted by Gasteiger charge is -2.08. The molecule has 0 radical (unpaired) electrons. The third-order valence-electron chi connectivity index (χ3n) is 3.77. The van der Waals surface area contributed by atoms with Gasteiger partial charge in [-0.15, -0.1) is 10.2 Å². The number of benzene rings is 2. The van der Waals surface area contributed by atoms with Crippen molar-refractivity contribution < 1.29 is 13.9 Å². The Kier molecular flexibility index (Phi) is 5.73. The van der Waals surface area contributed by atoms with E-state index in [4.69, 9.17) is 9.15 Å². The van der Waals surface area contributed by atoms with Crippen LogP contribution >= 0.6 is 11.8 Å². The fourth-order valence-corrected chi connectivity index (χ4v) is 3.23. The van der Waals surface area contributed by atoms with Crippen LogP contribution in [0.3, 0.4) is 0 Å². The maximum absolute atomic E-state index is 12.6. The quantitative estimate of drug-likeness (QED) is 0.440. The van der Waals surface area contributed by atoms with Gasteiger partial charge in [-0.3, -0.25) is 4.79 Å². The van der Waals surface area contributed by atoms with E-state index in [9.17, 15) is 4.79 Å². The van der Waals surface area contributed by atoms with Crippen LogP contribution in [-0.2, 0) is 0 Å². The van der Waals surface area contributed by atoms with E-state index in [1.807, 2.05) is 45.0 Å². The molecule has 0 fully saturated rings. The van der Waals surface area contributed by atoms with Crippen molar-refractivity contribution in [3.05, 3.63) is 59.7 Å². The average Bonchev–Trinajstić information content (AvgIpc) is 3.10. The van der Waals surface area contributed by atoms with E-state index in [0.717, 1.165) is 16.9 Å². The summed E-state index contributed by atoms with van der Waals surface area (Å²) in [6, 6.07) is 15.0. The molecule has 0 N–H and O–H groups in total. The van der Waals surface area contributed by atoms with Gasteiger partial charge in [-0.25, -0.2) is 0 Å². The number of ketones is 1. The van der Waals surface area contributed by atoms with E-state index < -0.39 is 0 Å². The van der Waals surface area contributed by atoms with Crippen LogP contribution < -0.4 is 4.74 Å². The summed E-state index contributed by atoms with van der Waals surface area (Å²) in [6.07, 6.45) is 0. The molecule has 0 saturated carbocycles. The van der Waals surface area contributed by atoms with Crippen molar-refractivity contribution >= 4 is 17.5 Å². The molecule has 0 aliphatic rings. The molecule has 0 amide bonds. The highest BCUT2D eigenvalue weighted by Gasteiger charge is 2.20. The first kappa shape index (κ1) is 18.2. The number of hydrogen-bond donors (Lipinski definition) is 0. The Bertz CT molecular complexity index is 890. The van der Waals surface area contributed by atoms with Crippen molar-refractivity contribution in [1.82, 2.24) is 10.2 Å². The summed E-state index contributed by atoms with van der Waals surface area (Å²) < 4.78 is 11.1. The summed E-state index contributed by atoms with van der Waals surface area (Å²) in [5, 5.41) is 8.18. The molecule has 0 spiro atoms. The van der Waals surface area contributed by atoms with Gasteiger partial charge in [0.15, 0.2) is 5.78 Å². The number of nitrogens with zero attached hydrogens (tertiary/aromatic N) is 2. The summed E-state index contributed by atoms with van der Waals surface area (Å²) in [5.74, 6) is 1.22. The zero-order valence-electron chi connectivity index (χ0n) is 14.9. The highest BCUT2D eigenvalue weighted by molar-refractivity contribution is 8.00. The van der Waals surface area contributed by atoms with E-state index in [1.165, 1.54) is 11.8 Å². The highest BCUT2D eigenvalue weighted by atomic mass is 32.2. The molecule has 6 heteroatoms. The number of aromatic nitrogens is 2.